The van der Waals surface area contributed by atoms with Crippen LogP contribution in [0.4, 0.5) is 0 Å². The third-order valence-corrected chi connectivity index (χ3v) is 20.1. The van der Waals surface area contributed by atoms with Crippen molar-refractivity contribution in [3.63, 3.8) is 0 Å². The van der Waals surface area contributed by atoms with Crippen molar-refractivity contribution in [2.24, 2.45) is 22.7 Å². The summed E-state index contributed by atoms with van der Waals surface area (Å²) in [5.74, 6) is -12.2. The van der Waals surface area contributed by atoms with Crippen LogP contribution in [0.25, 0.3) is 0 Å². The Kier molecular flexibility index (Phi) is 24.9. The third kappa shape index (κ3) is 16.8. The lowest BCUT2D eigenvalue weighted by atomic mass is 9.44. The molecule has 7 unspecified atom stereocenters. The highest BCUT2D eigenvalue weighted by Gasteiger charge is 2.76. The molecular weight excluding hydrogens is 1290 g/mol. The monoisotopic (exact) mass is 1380 g/mol. The number of carboxylic acids is 1. The van der Waals surface area contributed by atoms with Crippen molar-refractivity contribution in [2.75, 3.05) is 19.8 Å². The van der Waals surface area contributed by atoms with Gasteiger partial charge in [0, 0.05) is 55.0 Å². The second-order valence-electron chi connectivity index (χ2n) is 26.9. The average Bonchev–Trinajstić information content (AvgIpc) is 0.674. The summed E-state index contributed by atoms with van der Waals surface area (Å²) < 4.78 is 35.3. The van der Waals surface area contributed by atoms with Gasteiger partial charge in [-0.05, 0) is 94.4 Å². The van der Waals surface area contributed by atoms with Gasteiger partial charge >= 0.3 is 23.9 Å². The van der Waals surface area contributed by atoms with Crippen LogP contribution in [0, 0.1) is 22.7 Å². The number of hydrogen-bond acceptors (Lipinski definition) is 23. The second-order valence-corrected chi connectivity index (χ2v) is 26.9. The lowest BCUT2D eigenvalue weighted by molar-refractivity contribution is -0.343. The minimum atomic E-state index is -2.51. The summed E-state index contributed by atoms with van der Waals surface area (Å²) in [6.45, 7) is 9.20. The van der Waals surface area contributed by atoms with Crippen molar-refractivity contribution in [1.29, 1.82) is 0 Å². The predicted molar refractivity (Wildman–Crippen MR) is 344 cm³/mol. The summed E-state index contributed by atoms with van der Waals surface area (Å²) >= 11 is 0. The van der Waals surface area contributed by atoms with E-state index in [1.165, 1.54) is 77.9 Å². The molecule has 29 nitrogen and oxygen atoms in total. The highest BCUT2D eigenvalue weighted by molar-refractivity contribution is 5.97. The Morgan fingerprint density at radius 3 is 2.02 bits per heavy atom. The molecule has 2 aliphatic heterocycles. The number of aliphatic carboxylic acids is 1. The van der Waals surface area contributed by atoms with E-state index in [0.29, 0.717) is 6.29 Å². The lowest BCUT2D eigenvalue weighted by Gasteiger charge is -2.66. The van der Waals surface area contributed by atoms with Crippen LogP contribution in [0.1, 0.15) is 139 Å². The van der Waals surface area contributed by atoms with Gasteiger partial charge in [0.1, 0.15) is 66.5 Å². The standard InChI is InChI=1S/C70H89N5O24/c1-36-47(32-70(93)59(99-65(90)42-23-15-10-16-24-42)57-68(7,48(78)30-49-69(57,92)35-94-49)58(83)55(82)53(36)67(70,5)6)97-66(91)56(54(40-19-11-8-12-20-40)75-62(86)41-21-13-9-14-22-41)98-52(81)31-51(80)71-28-18-17-25-45(63(87)88)74-50(79)27-26-43(33-76)73-60(84)38(3)72-61(85)39(4)95-46-29-44(34-77)96-64(89)37(46)2/h8-16,19-24,33,37-39,43-49,54-57,59,64,77-78,82,89,92-93H,17-18,25-32,34-35H2,1-7H3,(H,71,80)(H,72,85)(H,73,84)(H,74,79)(H,75,86)(H,87,88)/t37?,38-,39?,43-,44?,45?,46?,47-,48-,49+,54-,55+,56+,57-,59-,64?,68?,69-,70+/m0/s1. The predicted octanol–water partition coefficient (Wildman–Crippen LogP) is 0.869. The zero-order chi connectivity index (χ0) is 72.5. The Morgan fingerprint density at radius 1 is 0.778 bits per heavy atom. The number of aliphatic hydroxyl groups is 6. The number of ether oxygens (including phenoxy) is 6. The zero-order valence-electron chi connectivity index (χ0n) is 56.0. The maximum atomic E-state index is 15.3. The molecule has 12 N–H and O–H groups in total. The zero-order valence-corrected chi connectivity index (χ0v) is 56.0. The van der Waals surface area contributed by atoms with Gasteiger partial charge in [0.25, 0.3) is 5.91 Å². The number of hydrogen-bond donors (Lipinski definition) is 12. The van der Waals surface area contributed by atoms with E-state index >= 15 is 9.59 Å². The largest absolute Gasteiger partial charge is 0.480 e. The fourth-order valence-corrected chi connectivity index (χ4v) is 14.1. The summed E-state index contributed by atoms with van der Waals surface area (Å²) in [4.78, 5) is 150. The van der Waals surface area contributed by atoms with Crippen molar-refractivity contribution >= 4 is 65.5 Å². The Balaban J connectivity index is 0.926. The SMILES string of the molecule is CC1=C2[C@@H](O)C(=O)C3(C)[C@@H](O)C[C@H]4OC[C@@]4(O)[C@H]3[C@H](OC(=O)c3ccccc3)[C@](O)(C[C@@H]1OC(=O)[C@H](OC(=O)CC(=O)NCCCCC(NC(=O)CC[C@@H](C=O)NC(=O)[C@H](C)NC(=O)C(C)OC1CC(CO)OC(O)C1C)C(=O)O)[C@@H](NC(=O)c1ccccc1)c1ccccc1)C2(C)C. The molecule has 2 saturated carbocycles. The van der Waals surface area contributed by atoms with E-state index in [1.807, 2.05) is 0 Å². The van der Waals surface area contributed by atoms with Crippen molar-refractivity contribution in [3.05, 3.63) is 119 Å². The van der Waals surface area contributed by atoms with Gasteiger partial charge in [-0.25, -0.2) is 14.4 Å². The number of carbonyl (C=O) groups excluding carboxylic acids is 10. The van der Waals surface area contributed by atoms with E-state index in [4.69, 9.17) is 28.4 Å². The summed E-state index contributed by atoms with van der Waals surface area (Å²) in [6, 6.07) is 17.8. The molecule has 0 spiro atoms. The first-order valence-electron chi connectivity index (χ1n) is 33.0. The van der Waals surface area contributed by atoms with E-state index in [1.54, 1.807) is 61.5 Å². The first kappa shape index (κ1) is 76.4. The van der Waals surface area contributed by atoms with Gasteiger partial charge in [-0.1, -0.05) is 87.5 Å². The number of fused-ring (bicyclic) bond motifs is 5. The second kappa shape index (κ2) is 32.3. The topological polar surface area (TPSA) is 445 Å². The molecule has 0 aromatic heterocycles. The first-order chi connectivity index (χ1) is 46.8. The fourth-order valence-electron chi connectivity index (χ4n) is 14.1. The highest BCUT2D eigenvalue weighted by Crippen LogP contribution is 2.63. The number of carboxylic acid groups (broad SMARTS) is 1. The number of ketones is 1. The molecule has 3 aromatic rings. The van der Waals surface area contributed by atoms with Crippen LogP contribution in [-0.2, 0) is 71.6 Å². The van der Waals surface area contributed by atoms with Crippen molar-refractivity contribution in [3.8, 4) is 0 Å². The van der Waals surface area contributed by atoms with Crippen molar-refractivity contribution in [1.82, 2.24) is 26.6 Å². The molecule has 538 valence electrons. The number of nitrogens with one attached hydrogen (secondary N) is 5. The summed E-state index contributed by atoms with van der Waals surface area (Å²) in [6.07, 6.45) is -16.4. The van der Waals surface area contributed by atoms with E-state index in [0.717, 1.165) is 0 Å². The summed E-state index contributed by atoms with van der Waals surface area (Å²) in [5, 5.41) is 92.8. The first-order valence-corrected chi connectivity index (χ1v) is 33.0. The van der Waals surface area contributed by atoms with Crippen LogP contribution in [0.5, 0.6) is 0 Å². The molecule has 3 aliphatic carbocycles. The number of Topliss-reactive ketones (excluding diaryl/α,β-unsaturated/α-hetero) is 1. The molecule has 2 bridgehead atoms. The molecule has 5 aliphatic rings. The van der Waals surface area contributed by atoms with Gasteiger partial charge in [0.2, 0.25) is 29.7 Å². The molecule has 99 heavy (non-hydrogen) atoms. The normalized spacial score (nSPS) is 29.4. The molecule has 3 aromatic carbocycles. The quantitative estimate of drug-likeness (QED) is 0.0115. The molecule has 8 rings (SSSR count). The minimum Gasteiger partial charge on any atom is -0.480 e. The molecule has 5 amide bonds. The van der Waals surface area contributed by atoms with Crippen LogP contribution in [0.3, 0.4) is 0 Å². The van der Waals surface area contributed by atoms with Crippen molar-refractivity contribution in [2.45, 2.75) is 203 Å². The van der Waals surface area contributed by atoms with Gasteiger partial charge in [-0.3, -0.25) is 33.6 Å². The van der Waals surface area contributed by atoms with Gasteiger partial charge in [-0.15, -0.1) is 0 Å². The molecule has 2 saturated heterocycles. The van der Waals surface area contributed by atoms with Gasteiger partial charge in [-0.2, -0.15) is 0 Å². The molecule has 4 fully saturated rings. The maximum Gasteiger partial charge on any atom is 0.350 e. The molecule has 19 atom stereocenters. The lowest BCUT2D eigenvalue weighted by Crippen LogP contribution is -2.81. The number of benzene rings is 3. The molecular formula is C70H89N5O24. The Bertz CT molecular complexity index is 3490. The number of aldehydes is 1. The number of unbranched alkanes of at least 4 members (excludes halogenated alkanes) is 1. The van der Waals surface area contributed by atoms with Crippen LogP contribution in [0.15, 0.2) is 102 Å². The summed E-state index contributed by atoms with van der Waals surface area (Å²) in [7, 11) is 0. The molecule has 2 heterocycles. The Morgan fingerprint density at radius 2 is 1.41 bits per heavy atom. The Labute approximate surface area is 571 Å². The number of rotatable bonds is 29. The van der Waals surface area contributed by atoms with Gasteiger partial charge in [0.05, 0.1) is 54.6 Å². The number of aliphatic hydroxyl groups excluding tert-OH is 4. The number of amides is 5. The van der Waals surface area contributed by atoms with Gasteiger partial charge in [0.15, 0.2) is 12.1 Å². The van der Waals surface area contributed by atoms with Gasteiger partial charge < -0.3 is 95.5 Å². The number of esters is 3. The minimum absolute atomic E-state index is 0.00784. The van der Waals surface area contributed by atoms with E-state index < -0.39 is 204 Å². The molecule has 0 radical (unpaired) electrons. The van der Waals surface area contributed by atoms with Crippen molar-refractivity contribution < 1.29 is 117 Å². The average molecular weight is 1380 g/mol. The highest BCUT2D eigenvalue weighted by atomic mass is 16.6. The third-order valence-electron chi connectivity index (χ3n) is 20.1. The van der Waals surface area contributed by atoms with E-state index in [9.17, 15) is 78.9 Å². The molecule has 29 heteroatoms. The van der Waals surface area contributed by atoms with E-state index in [-0.39, 0.29) is 79.5 Å². The van der Waals surface area contributed by atoms with E-state index in [2.05, 4.69) is 26.6 Å². The summed E-state index contributed by atoms with van der Waals surface area (Å²) in [5.41, 5.74) is -8.28. The smallest absolute Gasteiger partial charge is 0.350 e. The van der Waals surface area contributed by atoms with Crippen LogP contribution < -0.4 is 26.6 Å². The number of carbonyl (C=O) groups is 11. The van der Waals surface area contributed by atoms with Crippen LogP contribution in [0.2, 0.25) is 0 Å². The fraction of sp³-hybridized carbons (Fsp3) is 0.557. The maximum absolute atomic E-state index is 15.3. The van der Waals surface area contributed by atoms with Crippen LogP contribution >= 0.6 is 0 Å². The van der Waals surface area contributed by atoms with Crippen LogP contribution in [-0.4, -0.2) is 212 Å². The Hall–Kier alpha value is -8.39.